The third-order valence-corrected chi connectivity index (χ3v) is 3.49. The third kappa shape index (κ3) is 4.57. The number of halogens is 1. The molecule has 0 fully saturated rings. The molecule has 1 amide bonds. The van der Waals surface area contributed by atoms with Gasteiger partial charge in [-0.25, -0.2) is 4.39 Å². The summed E-state index contributed by atoms with van der Waals surface area (Å²) >= 11 is 0. The lowest BCUT2D eigenvalue weighted by Gasteiger charge is -2.26. The highest BCUT2D eigenvalue weighted by Gasteiger charge is 2.19. The highest BCUT2D eigenvalue weighted by Crippen LogP contribution is 2.14. The summed E-state index contributed by atoms with van der Waals surface area (Å²) in [6.45, 7) is 4.00. The highest BCUT2D eigenvalue weighted by atomic mass is 19.1. The molecule has 0 saturated heterocycles. The van der Waals surface area contributed by atoms with Gasteiger partial charge in [-0.1, -0.05) is 25.7 Å². The number of rotatable bonds is 5. The van der Waals surface area contributed by atoms with Gasteiger partial charge in [0, 0.05) is 25.1 Å². The van der Waals surface area contributed by atoms with E-state index in [-0.39, 0.29) is 24.1 Å². The molecule has 0 aliphatic carbocycles. The van der Waals surface area contributed by atoms with Gasteiger partial charge < -0.3 is 10.0 Å². The molecule has 0 spiro atoms. The van der Waals surface area contributed by atoms with Crippen LogP contribution in [-0.4, -0.2) is 35.6 Å². The molecule has 0 heterocycles. The van der Waals surface area contributed by atoms with Gasteiger partial charge in [0.25, 0.3) is 5.91 Å². The fourth-order valence-electron chi connectivity index (χ4n) is 2.17. The largest absolute Gasteiger partial charge is 0.395 e. The quantitative estimate of drug-likeness (QED) is 0.847. The summed E-state index contributed by atoms with van der Waals surface area (Å²) in [4.78, 5) is 14.0. The predicted molar refractivity (Wildman–Crippen MR) is 81.4 cm³/mol. The van der Waals surface area contributed by atoms with Gasteiger partial charge in [0.2, 0.25) is 0 Å². The van der Waals surface area contributed by atoms with Crippen molar-refractivity contribution in [1.29, 1.82) is 0 Å². The number of aliphatic hydroxyl groups is 1. The Morgan fingerprint density at radius 1 is 1.38 bits per heavy atom. The minimum absolute atomic E-state index is 0.0502. The van der Waals surface area contributed by atoms with Gasteiger partial charge >= 0.3 is 0 Å². The van der Waals surface area contributed by atoms with E-state index in [4.69, 9.17) is 5.11 Å². The van der Waals surface area contributed by atoms with Crippen molar-refractivity contribution in [3.05, 3.63) is 35.1 Å². The first kappa shape index (κ1) is 17.2. The summed E-state index contributed by atoms with van der Waals surface area (Å²) in [6.07, 6.45) is 2.04. The van der Waals surface area contributed by atoms with Gasteiger partial charge in [-0.05, 0) is 31.0 Å². The van der Waals surface area contributed by atoms with Gasteiger partial charge in [0.15, 0.2) is 0 Å². The van der Waals surface area contributed by atoms with Crippen LogP contribution in [0, 0.1) is 17.7 Å². The van der Waals surface area contributed by atoms with Crippen molar-refractivity contribution in [2.24, 2.45) is 0 Å². The maximum absolute atomic E-state index is 13.9. The Bertz CT molecular complexity index is 541. The second-order valence-corrected chi connectivity index (χ2v) is 4.86. The van der Waals surface area contributed by atoms with Crippen LogP contribution in [0.2, 0.25) is 0 Å². The zero-order valence-electron chi connectivity index (χ0n) is 12.8. The van der Waals surface area contributed by atoms with Crippen LogP contribution in [0.4, 0.5) is 4.39 Å². The zero-order valence-corrected chi connectivity index (χ0v) is 12.8. The van der Waals surface area contributed by atoms with E-state index in [1.165, 1.54) is 12.1 Å². The van der Waals surface area contributed by atoms with Crippen LogP contribution in [-0.2, 0) is 0 Å². The van der Waals surface area contributed by atoms with Gasteiger partial charge in [-0.2, -0.15) is 0 Å². The molecule has 1 aromatic carbocycles. The Kier molecular flexibility index (Phi) is 6.90. The Morgan fingerprint density at radius 3 is 2.57 bits per heavy atom. The zero-order chi connectivity index (χ0) is 15.8. The molecule has 1 aromatic rings. The lowest BCUT2D eigenvalue weighted by atomic mass is 10.1. The summed E-state index contributed by atoms with van der Waals surface area (Å²) < 4.78 is 13.9. The standard InChI is InChI=1S/C17H22FNO2/c1-4-15(5-2)19(3)17(21)14-10-9-13(16(18)12-14)8-6-7-11-20/h9-10,12,15,20H,4-5,7,11H2,1-3H3. The summed E-state index contributed by atoms with van der Waals surface area (Å²) in [6, 6.07) is 4.48. The third-order valence-electron chi connectivity index (χ3n) is 3.49. The number of nitrogens with zero attached hydrogens (tertiary/aromatic N) is 1. The molecule has 0 unspecified atom stereocenters. The average Bonchev–Trinajstić information content (AvgIpc) is 2.49. The van der Waals surface area contributed by atoms with Crippen molar-refractivity contribution in [1.82, 2.24) is 4.90 Å². The lowest BCUT2D eigenvalue weighted by molar-refractivity contribution is 0.0723. The van der Waals surface area contributed by atoms with Gasteiger partial charge in [0.1, 0.15) is 5.82 Å². The second-order valence-electron chi connectivity index (χ2n) is 4.86. The molecule has 1 rings (SSSR count). The molecular formula is C17H22FNO2. The van der Waals surface area contributed by atoms with E-state index in [0.717, 1.165) is 12.8 Å². The molecule has 0 radical (unpaired) electrons. The average molecular weight is 291 g/mol. The monoisotopic (exact) mass is 291 g/mol. The molecule has 1 N–H and O–H groups in total. The number of carbonyl (C=O) groups excluding carboxylic acids is 1. The van der Waals surface area contributed by atoms with Crippen LogP contribution in [0.3, 0.4) is 0 Å². The van der Waals surface area contributed by atoms with E-state index in [0.29, 0.717) is 12.0 Å². The molecule has 0 saturated carbocycles. The molecule has 0 atom stereocenters. The molecule has 4 heteroatoms. The highest BCUT2D eigenvalue weighted by molar-refractivity contribution is 5.94. The number of benzene rings is 1. The summed E-state index contributed by atoms with van der Waals surface area (Å²) in [5.41, 5.74) is 0.569. The van der Waals surface area contributed by atoms with Crippen LogP contribution < -0.4 is 0 Å². The minimum atomic E-state index is -0.510. The second kappa shape index (κ2) is 8.43. The van der Waals surface area contributed by atoms with Crippen molar-refractivity contribution < 1.29 is 14.3 Å². The van der Waals surface area contributed by atoms with E-state index in [1.807, 2.05) is 13.8 Å². The molecule has 0 bridgehead atoms. The van der Waals surface area contributed by atoms with Gasteiger partial charge in [0.05, 0.1) is 12.2 Å². The number of carbonyl (C=O) groups is 1. The van der Waals surface area contributed by atoms with Gasteiger partial charge in [-0.15, -0.1) is 0 Å². The van der Waals surface area contributed by atoms with Crippen molar-refractivity contribution in [2.75, 3.05) is 13.7 Å². The molecule has 3 nitrogen and oxygen atoms in total. The smallest absolute Gasteiger partial charge is 0.253 e. The first-order chi connectivity index (χ1) is 10.0. The van der Waals surface area contributed by atoms with E-state index in [2.05, 4.69) is 11.8 Å². The maximum Gasteiger partial charge on any atom is 0.253 e. The van der Waals surface area contributed by atoms with E-state index in [1.54, 1.807) is 18.0 Å². The van der Waals surface area contributed by atoms with Crippen LogP contribution in [0.5, 0.6) is 0 Å². The molecule has 0 aromatic heterocycles. The Labute approximate surface area is 125 Å². The topological polar surface area (TPSA) is 40.5 Å². The van der Waals surface area contributed by atoms with Crippen LogP contribution >= 0.6 is 0 Å². The Morgan fingerprint density at radius 2 is 2.05 bits per heavy atom. The molecule has 21 heavy (non-hydrogen) atoms. The van der Waals surface area contributed by atoms with Crippen molar-refractivity contribution >= 4 is 5.91 Å². The minimum Gasteiger partial charge on any atom is -0.395 e. The number of hydrogen-bond donors (Lipinski definition) is 1. The maximum atomic E-state index is 13.9. The van der Waals surface area contributed by atoms with Gasteiger partial charge in [-0.3, -0.25) is 4.79 Å². The summed E-state index contributed by atoms with van der Waals surface area (Å²) in [5, 5.41) is 8.64. The number of amides is 1. The Balaban J connectivity index is 2.93. The molecule has 0 aliphatic heterocycles. The summed E-state index contributed by atoms with van der Waals surface area (Å²) in [7, 11) is 1.74. The first-order valence-corrected chi connectivity index (χ1v) is 7.21. The van der Waals surface area contributed by atoms with Crippen LogP contribution in [0.15, 0.2) is 18.2 Å². The Hall–Kier alpha value is -1.86. The van der Waals surface area contributed by atoms with Crippen molar-refractivity contribution in [3.8, 4) is 11.8 Å². The van der Waals surface area contributed by atoms with Crippen molar-refractivity contribution in [3.63, 3.8) is 0 Å². The van der Waals surface area contributed by atoms with Crippen LogP contribution in [0.25, 0.3) is 0 Å². The summed E-state index contributed by atoms with van der Waals surface area (Å²) in [5.74, 6) is 4.62. The fraction of sp³-hybridized carbons (Fsp3) is 0.471. The molecular weight excluding hydrogens is 269 g/mol. The predicted octanol–water partition coefficient (Wildman–Crippen LogP) is 2.82. The van der Waals surface area contributed by atoms with E-state index in [9.17, 15) is 9.18 Å². The van der Waals surface area contributed by atoms with Crippen molar-refractivity contribution in [2.45, 2.75) is 39.2 Å². The van der Waals surface area contributed by atoms with Crippen LogP contribution in [0.1, 0.15) is 49.0 Å². The normalized spacial score (nSPS) is 10.2. The SMILES string of the molecule is CCC(CC)N(C)C(=O)c1ccc(C#CCCO)c(F)c1. The fourth-order valence-corrected chi connectivity index (χ4v) is 2.17. The lowest BCUT2D eigenvalue weighted by Crippen LogP contribution is -2.36. The number of hydrogen-bond acceptors (Lipinski definition) is 2. The molecule has 114 valence electrons. The van der Waals surface area contributed by atoms with E-state index >= 15 is 0 Å². The molecule has 0 aliphatic rings. The number of aliphatic hydroxyl groups excluding tert-OH is 1. The van der Waals surface area contributed by atoms with E-state index < -0.39 is 5.82 Å². The first-order valence-electron chi connectivity index (χ1n) is 7.21.